The predicted molar refractivity (Wildman–Crippen MR) is 73.9 cm³/mol. The molecule has 1 rings (SSSR count). The van der Waals surface area contributed by atoms with Gasteiger partial charge >= 0.3 is 0 Å². The molecule has 0 amide bonds. The Bertz CT molecular complexity index is 369. The van der Waals surface area contributed by atoms with Crippen LogP contribution in [0.15, 0.2) is 18.2 Å². The first-order valence-corrected chi connectivity index (χ1v) is 6.40. The zero-order valence-corrected chi connectivity index (χ0v) is 11.4. The molecule has 0 aliphatic heterocycles. The zero-order chi connectivity index (χ0) is 13.5. The average Bonchev–Trinajstić information content (AvgIpc) is 2.43. The van der Waals surface area contributed by atoms with E-state index in [0.29, 0.717) is 6.54 Å². The summed E-state index contributed by atoms with van der Waals surface area (Å²) in [6.07, 6.45) is 1.04. The first-order chi connectivity index (χ1) is 8.67. The molecule has 1 aromatic rings. The number of rotatable bonds is 7. The van der Waals surface area contributed by atoms with Crippen molar-refractivity contribution in [3.05, 3.63) is 29.3 Å². The lowest BCUT2D eigenvalue weighted by atomic mass is 9.96. The number of aryl methyl sites for hydroxylation is 1. The van der Waals surface area contributed by atoms with Crippen LogP contribution < -0.4 is 15.8 Å². The van der Waals surface area contributed by atoms with Gasteiger partial charge in [0.1, 0.15) is 5.75 Å². The second-order valence-electron chi connectivity index (χ2n) is 4.35. The first-order valence-electron chi connectivity index (χ1n) is 6.40. The number of aliphatic hydroxyl groups excluding tert-OH is 1. The normalized spacial score (nSPS) is 14.3. The lowest BCUT2D eigenvalue weighted by molar-refractivity contribution is 0.125. The Labute approximate surface area is 109 Å². The SMILES string of the molecule is CCc1ccc(OC)c(C(O)C(CCN)NC)c1. The van der Waals surface area contributed by atoms with E-state index < -0.39 is 6.10 Å². The minimum absolute atomic E-state index is 0.0593. The fraction of sp³-hybridized carbons (Fsp3) is 0.571. The van der Waals surface area contributed by atoms with Crippen LogP contribution in [0, 0.1) is 0 Å². The van der Waals surface area contributed by atoms with Gasteiger partial charge in [-0.3, -0.25) is 0 Å². The van der Waals surface area contributed by atoms with Crippen molar-refractivity contribution >= 4 is 0 Å². The molecule has 0 aliphatic carbocycles. The highest BCUT2D eigenvalue weighted by molar-refractivity contribution is 5.39. The van der Waals surface area contributed by atoms with Crippen molar-refractivity contribution < 1.29 is 9.84 Å². The van der Waals surface area contributed by atoms with Crippen LogP contribution in [0.5, 0.6) is 5.75 Å². The molecule has 102 valence electrons. The number of aliphatic hydroxyl groups is 1. The molecule has 0 saturated heterocycles. The van der Waals surface area contributed by atoms with Gasteiger partial charge in [-0.1, -0.05) is 13.0 Å². The lowest BCUT2D eigenvalue weighted by Gasteiger charge is -2.24. The summed E-state index contributed by atoms with van der Waals surface area (Å²) in [5.74, 6) is 0.719. The number of methoxy groups -OCH3 is 1. The quantitative estimate of drug-likeness (QED) is 0.683. The van der Waals surface area contributed by atoms with Crippen LogP contribution in [0.2, 0.25) is 0 Å². The van der Waals surface area contributed by atoms with Crippen molar-refractivity contribution in [2.24, 2.45) is 5.73 Å². The third-order valence-corrected chi connectivity index (χ3v) is 3.25. The summed E-state index contributed by atoms with van der Waals surface area (Å²) in [4.78, 5) is 0. The van der Waals surface area contributed by atoms with E-state index >= 15 is 0 Å². The maximum absolute atomic E-state index is 10.4. The van der Waals surface area contributed by atoms with E-state index in [1.807, 2.05) is 25.2 Å². The van der Waals surface area contributed by atoms with Gasteiger partial charge in [-0.15, -0.1) is 0 Å². The van der Waals surface area contributed by atoms with Crippen LogP contribution in [0.1, 0.15) is 30.6 Å². The Morgan fingerprint density at radius 3 is 2.67 bits per heavy atom. The average molecular weight is 252 g/mol. The molecule has 4 N–H and O–H groups in total. The van der Waals surface area contributed by atoms with Crippen LogP contribution in [0.4, 0.5) is 0 Å². The Morgan fingerprint density at radius 1 is 1.44 bits per heavy atom. The number of hydrogen-bond donors (Lipinski definition) is 3. The number of hydrogen-bond acceptors (Lipinski definition) is 4. The zero-order valence-electron chi connectivity index (χ0n) is 11.4. The molecule has 0 bridgehead atoms. The molecule has 1 aromatic carbocycles. The van der Waals surface area contributed by atoms with E-state index in [4.69, 9.17) is 10.5 Å². The predicted octanol–water partition coefficient (Wildman–Crippen LogP) is 1.23. The fourth-order valence-corrected chi connectivity index (χ4v) is 2.09. The highest BCUT2D eigenvalue weighted by Gasteiger charge is 2.22. The largest absolute Gasteiger partial charge is 0.496 e. The number of ether oxygens (including phenoxy) is 1. The van der Waals surface area contributed by atoms with Crippen LogP contribution in [0.25, 0.3) is 0 Å². The monoisotopic (exact) mass is 252 g/mol. The van der Waals surface area contributed by atoms with Gasteiger partial charge in [-0.25, -0.2) is 0 Å². The van der Waals surface area contributed by atoms with E-state index in [0.717, 1.165) is 24.2 Å². The molecule has 0 aliphatic rings. The van der Waals surface area contributed by atoms with Gasteiger partial charge in [0.05, 0.1) is 13.2 Å². The third-order valence-electron chi connectivity index (χ3n) is 3.25. The molecule has 0 aromatic heterocycles. The van der Waals surface area contributed by atoms with E-state index in [1.165, 1.54) is 5.56 Å². The van der Waals surface area contributed by atoms with Gasteiger partial charge in [0.2, 0.25) is 0 Å². The molecule has 2 atom stereocenters. The van der Waals surface area contributed by atoms with Gasteiger partial charge in [0.25, 0.3) is 0 Å². The van der Waals surface area contributed by atoms with Gasteiger partial charge in [0.15, 0.2) is 0 Å². The number of nitrogens with two attached hydrogens (primary N) is 1. The standard InChI is InChI=1S/C14H24N2O2/c1-4-10-5-6-13(18-3)11(9-10)14(17)12(16-2)7-8-15/h5-6,9,12,14,16-17H,4,7-8,15H2,1-3H3. The Hall–Kier alpha value is -1.10. The van der Waals surface area contributed by atoms with Crippen molar-refractivity contribution in [1.82, 2.24) is 5.32 Å². The van der Waals surface area contributed by atoms with Crippen molar-refractivity contribution in [3.8, 4) is 5.75 Å². The van der Waals surface area contributed by atoms with Crippen molar-refractivity contribution in [1.29, 1.82) is 0 Å². The number of nitrogens with one attached hydrogen (secondary N) is 1. The molecule has 0 radical (unpaired) electrons. The number of benzene rings is 1. The summed E-state index contributed by atoms with van der Waals surface area (Å²) >= 11 is 0. The molecule has 2 unspecified atom stereocenters. The van der Waals surface area contributed by atoms with Crippen LogP contribution in [-0.2, 0) is 6.42 Å². The Balaban J connectivity index is 3.04. The van der Waals surface area contributed by atoms with E-state index in [2.05, 4.69) is 12.2 Å². The van der Waals surface area contributed by atoms with Gasteiger partial charge in [-0.2, -0.15) is 0 Å². The van der Waals surface area contributed by atoms with E-state index in [1.54, 1.807) is 7.11 Å². The topological polar surface area (TPSA) is 67.5 Å². The molecule has 4 nitrogen and oxygen atoms in total. The molecule has 0 spiro atoms. The highest BCUT2D eigenvalue weighted by atomic mass is 16.5. The van der Waals surface area contributed by atoms with Crippen molar-refractivity contribution in [2.45, 2.75) is 31.9 Å². The second-order valence-corrected chi connectivity index (χ2v) is 4.35. The van der Waals surface area contributed by atoms with Crippen LogP contribution >= 0.6 is 0 Å². The maximum Gasteiger partial charge on any atom is 0.124 e. The van der Waals surface area contributed by atoms with Crippen LogP contribution in [-0.4, -0.2) is 31.9 Å². The third kappa shape index (κ3) is 3.45. The van der Waals surface area contributed by atoms with Crippen molar-refractivity contribution in [2.75, 3.05) is 20.7 Å². The summed E-state index contributed by atoms with van der Waals surface area (Å²) in [7, 11) is 3.45. The summed E-state index contributed by atoms with van der Waals surface area (Å²) in [5.41, 5.74) is 7.58. The number of likely N-dealkylation sites (N-methyl/N-ethyl adjacent to an activating group) is 1. The minimum Gasteiger partial charge on any atom is -0.496 e. The highest BCUT2D eigenvalue weighted by Crippen LogP contribution is 2.29. The summed E-state index contributed by atoms with van der Waals surface area (Å²) < 4.78 is 5.32. The molecular weight excluding hydrogens is 228 g/mol. The summed E-state index contributed by atoms with van der Waals surface area (Å²) in [5, 5.41) is 13.5. The lowest BCUT2D eigenvalue weighted by Crippen LogP contribution is -2.34. The summed E-state index contributed by atoms with van der Waals surface area (Å²) in [6.45, 7) is 2.63. The Morgan fingerprint density at radius 2 is 2.17 bits per heavy atom. The Kier molecular flexibility index (Phi) is 6.12. The van der Waals surface area contributed by atoms with E-state index in [-0.39, 0.29) is 6.04 Å². The van der Waals surface area contributed by atoms with Crippen molar-refractivity contribution in [3.63, 3.8) is 0 Å². The fourth-order valence-electron chi connectivity index (χ4n) is 2.09. The molecule has 18 heavy (non-hydrogen) atoms. The smallest absolute Gasteiger partial charge is 0.124 e. The van der Waals surface area contributed by atoms with Gasteiger partial charge in [0, 0.05) is 11.6 Å². The van der Waals surface area contributed by atoms with Gasteiger partial charge in [-0.05, 0) is 44.1 Å². The maximum atomic E-state index is 10.4. The molecule has 0 heterocycles. The molecule has 4 heteroatoms. The molecule has 0 saturated carbocycles. The molecular formula is C14H24N2O2. The molecule has 0 fully saturated rings. The van der Waals surface area contributed by atoms with Crippen LogP contribution in [0.3, 0.4) is 0 Å². The van der Waals surface area contributed by atoms with Gasteiger partial charge < -0.3 is 20.9 Å². The summed E-state index contributed by atoms with van der Waals surface area (Å²) in [6, 6.07) is 5.87. The minimum atomic E-state index is -0.611. The first kappa shape index (κ1) is 15.0. The second kappa shape index (κ2) is 7.36. The van der Waals surface area contributed by atoms with E-state index in [9.17, 15) is 5.11 Å².